The molecule has 1 amide bonds. The van der Waals surface area contributed by atoms with Gasteiger partial charge >= 0.3 is 0 Å². The van der Waals surface area contributed by atoms with E-state index in [0.29, 0.717) is 13.1 Å². The van der Waals surface area contributed by atoms with Crippen molar-refractivity contribution in [3.63, 3.8) is 0 Å². The molecule has 2 aromatic carbocycles. The Morgan fingerprint density at radius 2 is 1.92 bits per heavy atom. The minimum atomic E-state index is -0.117. The molecule has 0 fully saturated rings. The maximum Gasteiger partial charge on any atom is 0.247 e. The van der Waals surface area contributed by atoms with Crippen LogP contribution in [0.1, 0.15) is 18.1 Å². The Kier molecular flexibility index (Phi) is 6.58. The number of hydrogen-bond donors (Lipinski definition) is 1. The number of methoxy groups -OCH3 is 1. The maximum absolute atomic E-state index is 12.6. The molecule has 0 atom stereocenters. The normalized spacial score (nSPS) is 11.2. The van der Waals surface area contributed by atoms with Crippen LogP contribution in [0.15, 0.2) is 60.7 Å². The number of nitrogens with zero attached hydrogens (tertiary/aromatic N) is 1. The lowest BCUT2D eigenvalue weighted by molar-refractivity contribution is -0.127. The standard InChI is InChI=1S/C20H23NO3/c1-16(18-9-6-10-19(14-18)24-2)13-20(23)21(11-12-22)15-17-7-4-3-5-8-17/h3-10,13-14,22H,11-12,15H2,1-2H3/b16-13+. The molecule has 0 saturated heterocycles. The first-order valence-corrected chi connectivity index (χ1v) is 7.90. The first-order chi connectivity index (χ1) is 11.6. The lowest BCUT2D eigenvalue weighted by atomic mass is 10.1. The highest BCUT2D eigenvalue weighted by Gasteiger charge is 2.12. The van der Waals surface area contributed by atoms with Gasteiger partial charge in [0.2, 0.25) is 5.91 Å². The van der Waals surface area contributed by atoms with E-state index in [-0.39, 0.29) is 12.5 Å². The Bertz CT molecular complexity index is 695. The van der Waals surface area contributed by atoms with Crippen LogP contribution >= 0.6 is 0 Å². The van der Waals surface area contributed by atoms with Crippen LogP contribution in [0.25, 0.3) is 5.57 Å². The molecular formula is C20H23NO3. The molecule has 0 bridgehead atoms. The van der Waals surface area contributed by atoms with E-state index in [9.17, 15) is 9.90 Å². The molecule has 1 N–H and O–H groups in total. The summed E-state index contributed by atoms with van der Waals surface area (Å²) in [5, 5.41) is 9.25. The third kappa shape index (κ3) is 4.96. The Balaban J connectivity index is 2.16. The number of allylic oxidation sites excluding steroid dienone is 1. The van der Waals surface area contributed by atoms with Gasteiger partial charge in [0.1, 0.15) is 5.75 Å². The van der Waals surface area contributed by atoms with Gasteiger partial charge in [-0.2, -0.15) is 0 Å². The Hall–Kier alpha value is -2.59. The molecule has 2 rings (SSSR count). The second kappa shape index (κ2) is 8.89. The van der Waals surface area contributed by atoms with Crippen molar-refractivity contribution in [2.45, 2.75) is 13.5 Å². The number of carbonyl (C=O) groups is 1. The van der Waals surface area contributed by atoms with Crippen molar-refractivity contribution in [2.24, 2.45) is 0 Å². The predicted molar refractivity (Wildman–Crippen MR) is 95.6 cm³/mol. The summed E-state index contributed by atoms with van der Waals surface area (Å²) < 4.78 is 5.22. The van der Waals surface area contributed by atoms with Gasteiger partial charge in [0, 0.05) is 19.2 Å². The molecule has 0 aliphatic rings. The van der Waals surface area contributed by atoms with E-state index in [1.807, 2.05) is 61.5 Å². The van der Waals surface area contributed by atoms with Crippen LogP contribution < -0.4 is 4.74 Å². The van der Waals surface area contributed by atoms with Gasteiger partial charge in [0.15, 0.2) is 0 Å². The largest absolute Gasteiger partial charge is 0.497 e. The number of benzene rings is 2. The Morgan fingerprint density at radius 1 is 1.17 bits per heavy atom. The van der Waals surface area contributed by atoms with Gasteiger partial charge in [-0.3, -0.25) is 4.79 Å². The average molecular weight is 325 g/mol. The van der Waals surface area contributed by atoms with E-state index >= 15 is 0 Å². The maximum atomic E-state index is 12.6. The van der Waals surface area contributed by atoms with Gasteiger partial charge in [0.25, 0.3) is 0 Å². The summed E-state index contributed by atoms with van der Waals surface area (Å²) in [5.74, 6) is 0.637. The van der Waals surface area contributed by atoms with Crippen molar-refractivity contribution >= 4 is 11.5 Å². The molecule has 24 heavy (non-hydrogen) atoms. The van der Waals surface area contributed by atoms with Crippen molar-refractivity contribution in [1.82, 2.24) is 4.90 Å². The van der Waals surface area contributed by atoms with Crippen LogP contribution in [0.5, 0.6) is 5.75 Å². The van der Waals surface area contributed by atoms with Gasteiger partial charge in [-0.1, -0.05) is 42.5 Å². The summed E-state index contributed by atoms with van der Waals surface area (Å²) in [6.45, 7) is 2.61. The molecule has 2 aromatic rings. The summed E-state index contributed by atoms with van der Waals surface area (Å²) >= 11 is 0. The van der Waals surface area contributed by atoms with E-state index in [0.717, 1.165) is 22.4 Å². The molecule has 0 aliphatic heterocycles. The van der Waals surface area contributed by atoms with E-state index < -0.39 is 0 Å². The topological polar surface area (TPSA) is 49.8 Å². The molecule has 0 aromatic heterocycles. The van der Waals surface area contributed by atoms with Crippen LogP contribution in [0.4, 0.5) is 0 Å². The van der Waals surface area contributed by atoms with Gasteiger partial charge in [-0.25, -0.2) is 0 Å². The van der Waals surface area contributed by atoms with E-state index in [1.54, 1.807) is 18.1 Å². The molecular weight excluding hydrogens is 302 g/mol. The number of carbonyl (C=O) groups excluding carboxylic acids is 1. The van der Waals surface area contributed by atoms with Crippen molar-refractivity contribution in [2.75, 3.05) is 20.3 Å². The van der Waals surface area contributed by atoms with E-state index in [2.05, 4.69) is 0 Å². The highest BCUT2D eigenvalue weighted by atomic mass is 16.5. The fourth-order valence-electron chi connectivity index (χ4n) is 2.42. The number of aliphatic hydroxyl groups is 1. The summed E-state index contributed by atoms with van der Waals surface area (Å²) in [6.07, 6.45) is 1.60. The zero-order valence-corrected chi connectivity index (χ0v) is 14.1. The highest BCUT2D eigenvalue weighted by molar-refractivity contribution is 5.95. The smallest absolute Gasteiger partial charge is 0.247 e. The summed E-state index contributed by atoms with van der Waals surface area (Å²) in [6, 6.07) is 17.4. The van der Waals surface area contributed by atoms with Crippen LogP contribution in [-0.2, 0) is 11.3 Å². The Morgan fingerprint density at radius 3 is 2.58 bits per heavy atom. The van der Waals surface area contributed by atoms with Crippen LogP contribution in [0.3, 0.4) is 0 Å². The fourth-order valence-corrected chi connectivity index (χ4v) is 2.42. The zero-order valence-electron chi connectivity index (χ0n) is 14.1. The number of rotatable bonds is 7. The predicted octanol–water partition coefficient (Wildman–Crippen LogP) is 3.12. The van der Waals surface area contributed by atoms with Gasteiger partial charge in [-0.15, -0.1) is 0 Å². The lowest BCUT2D eigenvalue weighted by Crippen LogP contribution is -2.31. The van der Waals surface area contributed by atoms with Crippen LogP contribution in [0.2, 0.25) is 0 Å². The first kappa shape index (κ1) is 17.8. The molecule has 126 valence electrons. The van der Waals surface area contributed by atoms with Crippen LogP contribution in [-0.4, -0.2) is 36.2 Å². The minimum absolute atomic E-state index is 0.0649. The second-order valence-corrected chi connectivity index (χ2v) is 5.53. The average Bonchev–Trinajstić information content (AvgIpc) is 2.62. The molecule has 4 nitrogen and oxygen atoms in total. The number of aliphatic hydroxyl groups excluding tert-OH is 1. The minimum Gasteiger partial charge on any atom is -0.497 e. The molecule has 0 aliphatic carbocycles. The molecule has 0 unspecified atom stereocenters. The van der Waals surface area contributed by atoms with Gasteiger partial charge in [-0.05, 0) is 35.8 Å². The van der Waals surface area contributed by atoms with Gasteiger partial charge in [0.05, 0.1) is 13.7 Å². The molecule has 4 heteroatoms. The molecule has 0 saturated carbocycles. The molecule has 0 heterocycles. The Labute approximate surface area is 143 Å². The van der Waals surface area contributed by atoms with E-state index in [1.165, 1.54) is 0 Å². The van der Waals surface area contributed by atoms with Gasteiger partial charge < -0.3 is 14.7 Å². The summed E-state index contributed by atoms with van der Waals surface area (Å²) in [5.41, 5.74) is 2.83. The van der Waals surface area contributed by atoms with Crippen molar-refractivity contribution in [1.29, 1.82) is 0 Å². The van der Waals surface area contributed by atoms with Crippen molar-refractivity contribution in [3.05, 3.63) is 71.8 Å². The second-order valence-electron chi connectivity index (χ2n) is 5.53. The van der Waals surface area contributed by atoms with Crippen molar-refractivity contribution in [3.8, 4) is 5.75 Å². The first-order valence-electron chi connectivity index (χ1n) is 7.90. The highest BCUT2D eigenvalue weighted by Crippen LogP contribution is 2.20. The number of ether oxygens (including phenoxy) is 1. The monoisotopic (exact) mass is 325 g/mol. The molecule has 0 radical (unpaired) electrons. The third-order valence-electron chi connectivity index (χ3n) is 3.76. The third-order valence-corrected chi connectivity index (χ3v) is 3.76. The van der Waals surface area contributed by atoms with Crippen molar-refractivity contribution < 1.29 is 14.6 Å². The zero-order chi connectivity index (χ0) is 17.4. The van der Waals surface area contributed by atoms with Crippen LogP contribution in [0, 0.1) is 0 Å². The fraction of sp³-hybridized carbons (Fsp3) is 0.250. The summed E-state index contributed by atoms with van der Waals surface area (Å²) in [4.78, 5) is 14.2. The lowest BCUT2D eigenvalue weighted by Gasteiger charge is -2.20. The summed E-state index contributed by atoms with van der Waals surface area (Å²) in [7, 11) is 1.62. The van der Waals surface area contributed by atoms with E-state index in [4.69, 9.17) is 4.74 Å². The quantitative estimate of drug-likeness (QED) is 0.796. The number of amides is 1. The SMILES string of the molecule is COc1cccc(/C(C)=C/C(=O)N(CCO)Cc2ccccc2)c1. The number of hydrogen-bond acceptors (Lipinski definition) is 3. The molecule has 0 spiro atoms.